The molecule has 0 amide bonds. The molecule has 0 bridgehead atoms. The van der Waals surface area contributed by atoms with Crippen LogP contribution in [0.3, 0.4) is 0 Å². The highest BCUT2D eigenvalue weighted by Gasteiger charge is 2.20. The first kappa shape index (κ1) is 22.8. The van der Waals surface area contributed by atoms with Gasteiger partial charge in [-0.1, -0.05) is 15.9 Å². The van der Waals surface area contributed by atoms with Gasteiger partial charge in [0.15, 0.2) is 0 Å². The van der Waals surface area contributed by atoms with Gasteiger partial charge in [0, 0.05) is 28.5 Å². The second-order valence-corrected chi connectivity index (χ2v) is 9.11. The van der Waals surface area contributed by atoms with Crippen LogP contribution in [0.1, 0.15) is 19.7 Å². The summed E-state index contributed by atoms with van der Waals surface area (Å²) in [5, 5.41) is 6.37. The minimum atomic E-state index is -3.83. The average Bonchev–Trinajstić information content (AvgIpc) is 2.70. The minimum absolute atomic E-state index is 0.0679. The van der Waals surface area contributed by atoms with Gasteiger partial charge in [0.05, 0.1) is 6.61 Å². The summed E-state index contributed by atoms with van der Waals surface area (Å²) in [4.78, 5) is 8.77. The number of aryl methyl sites for hydroxylation is 1. The first-order chi connectivity index (χ1) is 14.8. The van der Waals surface area contributed by atoms with Crippen LogP contribution in [-0.2, 0) is 10.0 Å². The van der Waals surface area contributed by atoms with Crippen LogP contribution in [0.15, 0.2) is 57.9 Å². The Labute approximate surface area is 190 Å². The van der Waals surface area contributed by atoms with Gasteiger partial charge in [0.2, 0.25) is 0 Å². The normalized spacial score (nSPS) is 11.1. The number of benzene rings is 2. The molecule has 3 rings (SSSR count). The van der Waals surface area contributed by atoms with Gasteiger partial charge < -0.3 is 15.4 Å². The van der Waals surface area contributed by atoms with Crippen molar-refractivity contribution in [1.29, 1.82) is 0 Å². The zero-order valence-electron chi connectivity index (χ0n) is 17.4. The van der Waals surface area contributed by atoms with Crippen LogP contribution in [-0.4, -0.2) is 31.5 Å². The molecule has 0 spiro atoms. The van der Waals surface area contributed by atoms with Gasteiger partial charge in [0.1, 0.15) is 28.1 Å². The minimum Gasteiger partial charge on any atom is -0.492 e. The van der Waals surface area contributed by atoms with E-state index in [1.54, 1.807) is 43.3 Å². The van der Waals surface area contributed by atoms with Crippen molar-refractivity contribution in [3.8, 4) is 5.75 Å². The molecule has 3 aromatic rings. The molecular formula is C21H24BrN5O3S. The second-order valence-electron chi connectivity index (χ2n) is 6.55. The molecule has 0 atom stereocenters. The smallest absolute Gasteiger partial charge is 0.265 e. The van der Waals surface area contributed by atoms with E-state index in [4.69, 9.17) is 4.74 Å². The molecule has 0 aliphatic rings. The highest BCUT2D eigenvalue weighted by atomic mass is 79.9. The van der Waals surface area contributed by atoms with E-state index in [1.165, 1.54) is 6.07 Å². The molecule has 1 heterocycles. The van der Waals surface area contributed by atoms with E-state index < -0.39 is 10.0 Å². The molecule has 0 radical (unpaired) electrons. The lowest BCUT2D eigenvalue weighted by molar-refractivity contribution is 0.331. The van der Waals surface area contributed by atoms with Gasteiger partial charge in [-0.05, 0) is 63.2 Å². The van der Waals surface area contributed by atoms with Crippen LogP contribution < -0.4 is 20.1 Å². The van der Waals surface area contributed by atoms with Gasteiger partial charge in [-0.15, -0.1) is 0 Å². The topological polar surface area (TPSA) is 105 Å². The molecule has 10 heteroatoms. The number of hydrogen-bond donors (Lipinski definition) is 3. The summed E-state index contributed by atoms with van der Waals surface area (Å²) in [5.74, 6) is 2.32. The van der Waals surface area contributed by atoms with Crippen LogP contribution in [0.4, 0.5) is 23.0 Å². The SMILES string of the molecule is CCNc1cc(Nc2ccc(NS(=O)(=O)c3cc(Br)ccc3OCC)cc2)nc(C)n1. The number of nitrogens with zero attached hydrogens (tertiary/aromatic N) is 2. The van der Waals surface area contributed by atoms with Gasteiger partial charge in [0.25, 0.3) is 10.0 Å². The molecule has 0 aliphatic carbocycles. The number of halogens is 1. The largest absolute Gasteiger partial charge is 0.492 e. The van der Waals surface area contributed by atoms with Crippen LogP contribution >= 0.6 is 15.9 Å². The monoisotopic (exact) mass is 505 g/mol. The Morgan fingerprint density at radius 3 is 2.32 bits per heavy atom. The average molecular weight is 506 g/mol. The molecule has 8 nitrogen and oxygen atoms in total. The number of rotatable bonds is 9. The van der Waals surface area contributed by atoms with E-state index in [-0.39, 0.29) is 4.90 Å². The number of hydrogen-bond acceptors (Lipinski definition) is 7. The molecule has 3 N–H and O–H groups in total. The van der Waals surface area contributed by atoms with E-state index in [2.05, 4.69) is 41.3 Å². The van der Waals surface area contributed by atoms with Crippen molar-refractivity contribution in [3.05, 3.63) is 58.8 Å². The fourth-order valence-corrected chi connectivity index (χ4v) is 4.59. The molecule has 0 fully saturated rings. The Balaban J connectivity index is 1.77. The maximum atomic E-state index is 12.9. The molecular weight excluding hydrogens is 482 g/mol. The summed E-state index contributed by atoms with van der Waals surface area (Å²) < 4.78 is 34.5. The third-order valence-corrected chi connectivity index (χ3v) is 6.00. The highest BCUT2D eigenvalue weighted by molar-refractivity contribution is 9.10. The third-order valence-electron chi connectivity index (χ3n) is 4.10. The zero-order valence-corrected chi connectivity index (χ0v) is 19.8. The van der Waals surface area contributed by atoms with Crippen molar-refractivity contribution in [2.75, 3.05) is 28.5 Å². The summed E-state index contributed by atoms with van der Waals surface area (Å²) in [7, 11) is -3.83. The molecule has 2 aromatic carbocycles. The van der Waals surface area contributed by atoms with Crippen molar-refractivity contribution in [1.82, 2.24) is 9.97 Å². The van der Waals surface area contributed by atoms with Crippen molar-refractivity contribution in [2.24, 2.45) is 0 Å². The quantitative estimate of drug-likeness (QED) is 0.378. The zero-order chi connectivity index (χ0) is 22.4. The molecule has 0 saturated heterocycles. The molecule has 164 valence electrons. The Bertz CT molecular complexity index is 1150. The molecule has 0 unspecified atom stereocenters. The lowest BCUT2D eigenvalue weighted by Crippen LogP contribution is -2.14. The van der Waals surface area contributed by atoms with Crippen LogP contribution in [0.2, 0.25) is 0 Å². The summed E-state index contributed by atoms with van der Waals surface area (Å²) in [6.45, 7) is 6.74. The Kier molecular flexibility index (Phi) is 7.34. The highest BCUT2D eigenvalue weighted by Crippen LogP contribution is 2.29. The molecule has 0 aliphatic heterocycles. The van der Waals surface area contributed by atoms with Gasteiger partial charge in [-0.2, -0.15) is 0 Å². The van der Waals surface area contributed by atoms with E-state index in [9.17, 15) is 8.42 Å². The van der Waals surface area contributed by atoms with Crippen molar-refractivity contribution >= 4 is 49.0 Å². The van der Waals surface area contributed by atoms with E-state index in [1.807, 2.05) is 19.9 Å². The van der Waals surface area contributed by atoms with Gasteiger partial charge >= 0.3 is 0 Å². The number of nitrogens with one attached hydrogen (secondary N) is 3. The maximum Gasteiger partial charge on any atom is 0.265 e. The first-order valence-corrected chi connectivity index (χ1v) is 12.0. The number of anilines is 4. The summed E-state index contributed by atoms with van der Waals surface area (Å²) >= 11 is 3.32. The van der Waals surface area contributed by atoms with E-state index >= 15 is 0 Å². The van der Waals surface area contributed by atoms with Crippen molar-refractivity contribution in [3.63, 3.8) is 0 Å². The predicted octanol–water partition coefficient (Wildman–Crippen LogP) is 4.92. The van der Waals surface area contributed by atoms with Crippen LogP contribution in [0, 0.1) is 6.92 Å². The first-order valence-electron chi connectivity index (χ1n) is 9.72. The number of ether oxygens (including phenoxy) is 1. The van der Waals surface area contributed by atoms with Crippen LogP contribution in [0.25, 0.3) is 0 Å². The predicted molar refractivity (Wildman–Crippen MR) is 127 cm³/mol. The molecule has 1 aromatic heterocycles. The Morgan fingerprint density at radius 2 is 1.65 bits per heavy atom. The Hall–Kier alpha value is -2.85. The lowest BCUT2D eigenvalue weighted by Gasteiger charge is -2.14. The molecule has 0 saturated carbocycles. The third kappa shape index (κ3) is 6.08. The maximum absolute atomic E-state index is 12.9. The second kappa shape index (κ2) is 9.97. The van der Waals surface area contributed by atoms with E-state index in [0.717, 1.165) is 18.1 Å². The fourth-order valence-electron chi connectivity index (χ4n) is 2.85. The van der Waals surface area contributed by atoms with Crippen LogP contribution in [0.5, 0.6) is 5.75 Å². The van der Waals surface area contributed by atoms with Crippen molar-refractivity contribution in [2.45, 2.75) is 25.7 Å². The Morgan fingerprint density at radius 1 is 0.968 bits per heavy atom. The van der Waals surface area contributed by atoms with Crippen molar-refractivity contribution < 1.29 is 13.2 Å². The number of sulfonamides is 1. The van der Waals surface area contributed by atoms with Gasteiger partial charge in [-0.25, -0.2) is 18.4 Å². The van der Waals surface area contributed by atoms with Gasteiger partial charge in [-0.3, -0.25) is 4.72 Å². The fraction of sp³-hybridized carbons (Fsp3) is 0.238. The summed E-state index contributed by atoms with van der Waals surface area (Å²) in [5.41, 5.74) is 1.20. The lowest BCUT2D eigenvalue weighted by atomic mass is 10.3. The summed E-state index contributed by atoms with van der Waals surface area (Å²) in [6.07, 6.45) is 0. The number of aromatic nitrogens is 2. The summed E-state index contributed by atoms with van der Waals surface area (Å²) in [6, 6.07) is 13.6. The standard InChI is InChI=1S/C21H24BrN5O3S/c1-4-23-20-13-21(25-14(3)24-20)26-16-7-9-17(10-8-16)27-31(28,29)19-12-15(22)6-11-18(19)30-5-2/h6-13,27H,4-5H2,1-3H3,(H2,23,24,25,26). The molecule has 31 heavy (non-hydrogen) atoms. The van der Waals surface area contributed by atoms with E-state index in [0.29, 0.717) is 34.2 Å².